The molecule has 2 saturated carbocycles. The highest BCUT2D eigenvalue weighted by molar-refractivity contribution is 6.30. The summed E-state index contributed by atoms with van der Waals surface area (Å²) in [6, 6.07) is 4.04. The third-order valence-corrected chi connectivity index (χ3v) is 8.86. The van der Waals surface area contributed by atoms with Gasteiger partial charge >= 0.3 is 5.76 Å². The van der Waals surface area contributed by atoms with Gasteiger partial charge in [-0.1, -0.05) is 31.4 Å². The maximum absolute atomic E-state index is 11.8. The molecule has 1 aliphatic heterocycles. The number of ether oxygens (including phenoxy) is 1. The van der Waals surface area contributed by atoms with Gasteiger partial charge in [0.05, 0.1) is 40.5 Å². The van der Waals surface area contributed by atoms with Gasteiger partial charge in [0.2, 0.25) is 5.95 Å². The van der Waals surface area contributed by atoms with E-state index >= 15 is 0 Å². The van der Waals surface area contributed by atoms with E-state index in [0.29, 0.717) is 35.0 Å². The Balaban J connectivity index is 1.44. The molecule has 0 aromatic carbocycles. The molecule has 2 aliphatic carbocycles. The van der Waals surface area contributed by atoms with Crippen LogP contribution in [0.5, 0.6) is 0 Å². The van der Waals surface area contributed by atoms with E-state index in [-0.39, 0.29) is 12.0 Å². The van der Waals surface area contributed by atoms with E-state index in [1.54, 1.807) is 12.4 Å². The fraction of sp³-hybridized carbons (Fsp3) is 0.536. The number of aromatic amines is 1. The van der Waals surface area contributed by atoms with Crippen LogP contribution in [0.4, 0.5) is 5.95 Å². The van der Waals surface area contributed by atoms with Gasteiger partial charge in [0, 0.05) is 31.0 Å². The summed E-state index contributed by atoms with van der Waals surface area (Å²) in [4.78, 5) is 28.8. The maximum Gasteiger partial charge on any atom is 0.434 e. The number of H-pyrrole nitrogens is 1. The molecule has 11 heteroatoms. The zero-order chi connectivity index (χ0) is 26.5. The number of pyridine rings is 2. The van der Waals surface area contributed by atoms with Crippen LogP contribution in [0.2, 0.25) is 5.02 Å². The number of halogens is 1. The minimum Gasteiger partial charge on any atom is -0.386 e. The van der Waals surface area contributed by atoms with Gasteiger partial charge < -0.3 is 18.6 Å². The van der Waals surface area contributed by atoms with E-state index in [9.17, 15) is 4.79 Å². The molecule has 10 nitrogen and oxygen atoms in total. The number of aromatic nitrogens is 6. The Morgan fingerprint density at radius 2 is 1.97 bits per heavy atom. The summed E-state index contributed by atoms with van der Waals surface area (Å²) in [6.07, 6.45) is 11.9. The summed E-state index contributed by atoms with van der Waals surface area (Å²) in [6.45, 7) is 4.71. The Morgan fingerprint density at radius 3 is 2.77 bits per heavy atom. The highest BCUT2D eigenvalue weighted by Crippen LogP contribution is 2.40. The van der Waals surface area contributed by atoms with Crippen LogP contribution < -0.4 is 10.7 Å². The average molecular weight is 550 g/mol. The van der Waals surface area contributed by atoms with Crippen LogP contribution in [0, 0.1) is 11.8 Å². The highest BCUT2D eigenvalue weighted by Gasteiger charge is 2.39. The van der Waals surface area contributed by atoms with Crippen LogP contribution >= 0.6 is 11.6 Å². The van der Waals surface area contributed by atoms with Crippen molar-refractivity contribution in [3.05, 3.63) is 40.1 Å². The van der Waals surface area contributed by atoms with Gasteiger partial charge in [-0.15, -0.1) is 5.10 Å². The van der Waals surface area contributed by atoms with Gasteiger partial charge in [-0.05, 0) is 56.1 Å². The lowest BCUT2D eigenvalue weighted by atomic mass is 9.83. The van der Waals surface area contributed by atoms with Crippen molar-refractivity contribution in [2.75, 3.05) is 18.1 Å². The molecular weight excluding hydrogens is 518 g/mol. The molecule has 1 saturated heterocycles. The normalized spacial score (nSPS) is 25.3. The summed E-state index contributed by atoms with van der Waals surface area (Å²) >= 11 is 6.39. The molecule has 0 radical (unpaired) electrons. The second-order valence-corrected chi connectivity index (χ2v) is 11.7. The summed E-state index contributed by atoms with van der Waals surface area (Å²) in [5.74, 6) is 1.79. The van der Waals surface area contributed by atoms with Crippen LogP contribution in [0.25, 0.3) is 33.9 Å². The minimum absolute atomic E-state index is 0.123. The van der Waals surface area contributed by atoms with Crippen molar-refractivity contribution in [1.82, 2.24) is 29.7 Å². The number of rotatable bonds is 5. The highest BCUT2D eigenvalue weighted by atomic mass is 35.5. The van der Waals surface area contributed by atoms with Gasteiger partial charge in [-0.3, -0.25) is 4.98 Å². The number of nitrogens with zero attached hydrogens (tertiary/aromatic N) is 6. The molecule has 204 valence electrons. The van der Waals surface area contributed by atoms with Crippen LogP contribution in [0.3, 0.4) is 0 Å². The quantitative estimate of drug-likeness (QED) is 0.367. The first-order chi connectivity index (χ1) is 19.0. The number of anilines is 1. The standard InChI is InChI=1S/C28H32ClN7O3/c1-16-5-7-17(8-6-16)15-36-25-20(32-27(36)35-9-10-38-23-4-2-3-22(23)35)12-21(26-33-34-28(37)39-26)31-24(25)18-11-19(29)14-30-13-18/h11-14,16-17,22-23H,2-10,15H2,1H3,(H,34,37)/t16?,17?,22-,23-/m1/s1. The van der Waals surface area contributed by atoms with E-state index in [0.717, 1.165) is 60.8 Å². The fourth-order valence-corrected chi connectivity index (χ4v) is 6.85. The molecule has 0 bridgehead atoms. The van der Waals surface area contributed by atoms with Crippen molar-refractivity contribution in [1.29, 1.82) is 0 Å². The third kappa shape index (κ3) is 4.63. The fourth-order valence-electron chi connectivity index (χ4n) is 6.67. The molecule has 0 unspecified atom stereocenters. The molecule has 2 atom stereocenters. The lowest BCUT2D eigenvalue weighted by Crippen LogP contribution is -2.49. The van der Waals surface area contributed by atoms with Crippen molar-refractivity contribution < 1.29 is 9.15 Å². The number of imidazole rings is 1. The number of morpholine rings is 1. The van der Waals surface area contributed by atoms with Gasteiger partial charge in [-0.2, -0.15) is 0 Å². The van der Waals surface area contributed by atoms with E-state index in [2.05, 4.69) is 31.6 Å². The SMILES string of the molecule is CC1CCC(Cn2c(N3CCO[C@@H]4CCC[C@H]43)nc3cc(-c4n[nH]c(=O)o4)nc(-c4cncc(Cl)c4)c32)CC1. The first kappa shape index (κ1) is 24.8. The molecule has 7 rings (SSSR count). The van der Waals surface area contributed by atoms with Crippen molar-refractivity contribution in [3.8, 4) is 22.8 Å². The van der Waals surface area contributed by atoms with Crippen molar-refractivity contribution in [2.24, 2.45) is 11.8 Å². The van der Waals surface area contributed by atoms with Crippen molar-refractivity contribution in [3.63, 3.8) is 0 Å². The largest absolute Gasteiger partial charge is 0.434 e. The molecule has 5 heterocycles. The zero-order valence-corrected chi connectivity index (χ0v) is 22.7. The first-order valence-electron chi connectivity index (χ1n) is 14.0. The van der Waals surface area contributed by atoms with Crippen LogP contribution in [-0.4, -0.2) is 55.0 Å². The van der Waals surface area contributed by atoms with Crippen LogP contribution in [-0.2, 0) is 11.3 Å². The number of hydrogen-bond acceptors (Lipinski definition) is 8. The molecule has 4 aromatic heterocycles. The topological polar surface area (TPSA) is 115 Å². The van der Waals surface area contributed by atoms with Crippen molar-refractivity contribution in [2.45, 2.75) is 70.6 Å². The zero-order valence-electron chi connectivity index (χ0n) is 22.0. The summed E-state index contributed by atoms with van der Waals surface area (Å²) < 4.78 is 13.8. The Kier molecular flexibility index (Phi) is 6.39. The molecule has 1 N–H and O–H groups in total. The Bertz CT molecular complexity index is 1550. The Morgan fingerprint density at radius 1 is 1.10 bits per heavy atom. The first-order valence-corrected chi connectivity index (χ1v) is 14.4. The number of nitrogens with one attached hydrogen (secondary N) is 1. The predicted molar refractivity (Wildman–Crippen MR) is 148 cm³/mol. The van der Waals surface area contributed by atoms with Gasteiger partial charge in [0.25, 0.3) is 5.89 Å². The monoisotopic (exact) mass is 549 g/mol. The average Bonchev–Trinajstić information content (AvgIpc) is 3.68. The summed E-state index contributed by atoms with van der Waals surface area (Å²) in [5.41, 5.74) is 3.62. The number of hydrogen-bond donors (Lipinski definition) is 1. The minimum atomic E-state index is -0.629. The second-order valence-electron chi connectivity index (χ2n) is 11.3. The molecule has 0 amide bonds. The summed E-state index contributed by atoms with van der Waals surface area (Å²) in [7, 11) is 0. The molecule has 3 fully saturated rings. The van der Waals surface area contributed by atoms with E-state index in [1.165, 1.54) is 25.7 Å². The summed E-state index contributed by atoms with van der Waals surface area (Å²) in [5, 5.41) is 6.90. The smallest absolute Gasteiger partial charge is 0.386 e. The van der Waals surface area contributed by atoms with Gasteiger partial charge in [0.1, 0.15) is 5.69 Å². The molecular formula is C28H32ClN7O3. The third-order valence-electron chi connectivity index (χ3n) is 8.66. The molecule has 39 heavy (non-hydrogen) atoms. The maximum atomic E-state index is 11.8. The molecule has 4 aromatic rings. The van der Waals surface area contributed by atoms with Crippen LogP contribution in [0.15, 0.2) is 33.7 Å². The molecule has 3 aliphatic rings. The number of fused-ring (bicyclic) bond motifs is 2. The Hall–Kier alpha value is -3.24. The van der Waals surface area contributed by atoms with E-state index < -0.39 is 5.76 Å². The van der Waals surface area contributed by atoms with Gasteiger partial charge in [0.15, 0.2) is 0 Å². The lowest BCUT2D eigenvalue weighted by Gasteiger charge is -2.39. The molecule has 0 spiro atoms. The van der Waals surface area contributed by atoms with E-state index in [1.807, 2.05) is 12.1 Å². The van der Waals surface area contributed by atoms with E-state index in [4.69, 9.17) is 30.7 Å². The lowest BCUT2D eigenvalue weighted by molar-refractivity contribution is 0.0247. The Labute approximate surface area is 230 Å². The van der Waals surface area contributed by atoms with Gasteiger partial charge in [-0.25, -0.2) is 19.9 Å². The second kappa shape index (κ2) is 10.1. The van der Waals surface area contributed by atoms with Crippen LogP contribution in [0.1, 0.15) is 51.9 Å². The predicted octanol–water partition coefficient (Wildman–Crippen LogP) is 5.07. The van der Waals surface area contributed by atoms with Crippen molar-refractivity contribution >= 4 is 28.6 Å².